The maximum atomic E-state index is 11.1. The molecule has 2 N–H and O–H groups in total. The third-order valence-corrected chi connectivity index (χ3v) is 1.88. The molecule has 1 aromatic carbocycles. The fourth-order valence-corrected chi connectivity index (χ4v) is 1.18. The Morgan fingerprint density at radius 2 is 2.24 bits per heavy atom. The highest BCUT2D eigenvalue weighted by Gasteiger charge is 1.99. The quantitative estimate of drug-likeness (QED) is 0.617. The summed E-state index contributed by atoms with van der Waals surface area (Å²) in [5.41, 5.74) is 2.71. The first kappa shape index (κ1) is 13.2. The van der Waals surface area contributed by atoms with Crippen molar-refractivity contribution in [1.82, 2.24) is 5.48 Å². The summed E-state index contributed by atoms with van der Waals surface area (Å²) in [5.74, 6) is -1.71. The van der Waals surface area contributed by atoms with Gasteiger partial charge >= 0.3 is 5.97 Å². The number of benzene rings is 1. The number of carboxylic acids is 1. The average molecular weight is 256 g/mol. The molecule has 0 fully saturated rings. The zero-order chi connectivity index (χ0) is 12.7. The van der Waals surface area contributed by atoms with Crippen LogP contribution in [0.3, 0.4) is 0 Å². The van der Waals surface area contributed by atoms with Crippen molar-refractivity contribution in [1.29, 1.82) is 0 Å². The number of hydrogen-bond acceptors (Lipinski definition) is 3. The molecule has 90 valence electrons. The lowest BCUT2D eigenvalue weighted by molar-refractivity contribution is -0.147. The van der Waals surface area contributed by atoms with E-state index in [4.69, 9.17) is 16.7 Å². The van der Waals surface area contributed by atoms with Gasteiger partial charge in [0.25, 0.3) is 5.91 Å². The zero-order valence-corrected chi connectivity index (χ0v) is 9.48. The van der Waals surface area contributed by atoms with E-state index < -0.39 is 18.5 Å². The molecule has 0 radical (unpaired) electrons. The number of carbonyl (C=O) groups excluding carboxylic acids is 1. The Balaban J connectivity index is 2.43. The highest BCUT2D eigenvalue weighted by molar-refractivity contribution is 6.30. The molecule has 0 aliphatic heterocycles. The molecule has 0 aliphatic carbocycles. The lowest BCUT2D eigenvalue weighted by atomic mass is 10.2. The molecule has 0 aliphatic rings. The standard InChI is InChI=1S/C11H10ClNO4/c12-9-3-1-2-8(6-9)4-5-10(14)13-17-7-11(15)16/h1-6H,7H2,(H,13,14)(H,15,16). The molecular formula is C11H10ClNO4. The fraction of sp³-hybridized carbons (Fsp3) is 0.0909. The van der Waals surface area contributed by atoms with Crippen molar-refractivity contribution < 1.29 is 19.5 Å². The maximum absolute atomic E-state index is 11.1. The van der Waals surface area contributed by atoms with Gasteiger partial charge in [-0.3, -0.25) is 9.63 Å². The number of aliphatic carboxylic acids is 1. The van der Waals surface area contributed by atoms with Crippen LogP contribution in [0.5, 0.6) is 0 Å². The van der Waals surface area contributed by atoms with Crippen molar-refractivity contribution in [2.75, 3.05) is 6.61 Å². The summed E-state index contributed by atoms with van der Waals surface area (Å²) in [4.78, 5) is 25.6. The minimum atomic E-state index is -1.16. The van der Waals surface area contributed by atoms with Gasteiger partial charge in [-0.15, -0.1) is 0 Å². The van der Waals surface area contributed by atoms with Crippen LogP contribution in [0, 0.1) is 0 Å². The molecule has 0 saturated heterocycles. The van der Waals surface area contributed by atoms with E-state index in [2.05, 4.69) is 4.84 Å². The maximum Gasteiger partial charge on any atom is 0.332 e. The van der Waals surface area contributed by atoms with Gasteiger partial charge in [-0.05, 0) is 23.8 Å². The Morgan fingerprint density at radius 3 is 2.88 bits per heavy atom. The predicted molar refractivity (Wildman–Crippen MR) is 62.2 cm³/mol. The molecule has 1 amide bonds. The van der Waals surface area contributed by atoms with Gasteiger partial charge in [0.2, 0.25) is 0 Å². The minimum absolute atomic E-state index is 0.550. The van der Waals surface area contributed by atoms with E-state index in [9.17, 15) is 9.59 Å². The van der Waals surface area contributed by atoms with Crippen LogP contribution in [0.15, 0.2) is 30.3 Å². The Morgan fingerprint density at radius 1 is 1.47 bits per heavy atom. The normalized spacial score (nSPS) is 10.4. The van der Waals surface area contributed by atoms with Crippen LogP contribution >= 0.6 is 11.6 Å². The summed E-state index contributed by atoms with van der Waals surface area (Å²) in [7, 11) is 0. The van der Waals surface area contributed by atoms with Gasteiger partial charge in [0, 0.05) is 11.1 Å². The number of nitrogens with one attached hydrogen (secondary N) is 1. The molecule has 0 aromatic heterocycles. The number of rotatable bonds is 5. The van der Waals surface area contributed by atoms with Gasteiger partial charge in [0.15, 0.2) is 6.61 Å². The lowest BCUT2D eigenvalue weighted by Gasteiger charge is -1.99. The topological polar surface area (TPSA) is 75.6 Å². The number of halogens is 1. The lowest BCUT2D eigenvalue weighted by Crippen LogP contribution is -2.24. The third-order valence-electron chi connectivity index (χ3n) is 1.64. The molecule has 17 heavy (non-hydrogen) atoms. The van der Waals surface area contributed by atoms with Crippen LogP contribution in [0.25, 0.3) is 6.08 Å². The Hall–Kier alpha value is -1.85. The molecule has 5 nitrogen and oxygen atoms in total. The molecular weight excluding hydrogens is 246 g/mol. The molecule has 0 unspecified atom stereocenters. The van der Waals surface area contributed by atoms with E-state index in [0.29, 0.717) is 5.02 Å². The van der Waals surface area contributed by atoms with Crippen molar-refractivity contribution in [3.63, 3.8) is 0 Å². The predicted octanol–water partition coefficient (Wildman–Crippen LogP) is 1.49. The van der Waals surface area contributed by atoms with E-state index in [0.717, 1.165) is 5.56 Å². The van der Waals surface area contributed by atoms with Crippen LogP contribution in [0.4, 0.5) is 0 Å². The number of carboxylic acid groups (broad SMARTS) is 1. The number of carbonyl (C=O) groups is 2. The molecule has 1 aromatic rings. The van der Waals surface area contributed by atoms with Crippen molar-refractivity contribution in [3.05, 3.63) is 40.9 Å². The number of amides is 1. The summed E-state index contributed by atoms with van der Waals surface area (Å²) in [6.07, 6.45) is 2.75. The second-order valence-electron chi connectivity index (χ2n) is 3.04. The third kappa shape index (κ3) is 5.70. The monoisotopic (exact) mass is 255 g/mol. The average Bonchev–Trinajstić information content (AvgIpc) is 2.26. The van der Waals surface area contributed by atoms with Crippen LogP contribution < -0.4 is 5.48 Å². The molecule has 1 rings (SSSR count). The smallest absolute Gasteiger partial charge is 0.332 e. The Labute approximate surface area is 103 Å². The van der Waals surface area contributed by atoms with E-state index >= 15 is 0 Å². The first-order valence-corrected chi connectivity index (χ1v) is 5.03. The van der Waals surface area contributed by atoms with Gasteiger partial charge in [-0.1, -0.05) is 23.7 Å². The molecule has 0 saturated carbocycles. The van der Waals surface area contributed by atoms with Crippen LogP contribution in [0.1, 0.15) is 5.56 Å². The van der Waals surface area contributed by atoms with E-state index in [1.54, 1.807) is 24.3 Å². The highest BCUT2D eigenvalue weighted by atomic mass is 35.5. The van der Waals surface area contributed by atoms with Crippen LogP contribution in [-0.4, -0.2) is 23.6 Å². The highest BCUT2D eigenvalue weighted by Crippen LogP contribution is 2.11. The summed E-state index contributed by atoms with van der Waals surface area (Å²) in [6, 6.07) is 6.92. The van der Waals surface area contributed by atoms with Crippen molar-refractivity contribution in [3.8, 4) is 0 Å². The summed E-state index contributed by atoms with van der Waals surface area (Å²) < 4.78 is 0. The van der Waals surface area contributed by atoms with E-state index in [-0.39, 0.29) is 0 Å². The fourth-order valence-electron chi connectivity index (χ4n) is 0.985. The van der Waals surface area contributed by atoms with Gasteiger partial charge in [0.1, 0.15) is 0 Å². The molecule has 0 atom stereocenters. The summed E-state index contributed by atoms with van der Waals surface area (Å²) in [5, 5.41) is 8.82. The molecule has 6 heteroatoms. The van der Waals surface area contributed by atoms with Crippen molar-refractivity contribution in [2.45, 2.75) is 0 Å². The van der Waals surface area contributed by atoms with Crippen molar-refractivity contribution >= 4 is 29.6 Å². The Kier molecular flexibility index (Phi) is 5.19. The first-order valence-electron chi connectivity index (χ1n) is 4.65. The Bertz CT molecular complexity index is 445. The first-order chi connectivity index (χ1) is 8.08. The summed E-state index contributed by atoms with van der Waals surface area (Å²) in [6.45, 7) is -0.587. The van der Waals surface area contributed by atoms with Gasteiger partial charge in [-0.25, -0.2) is 10.3 Å². The second kappa shape index (κ2) is 6.67. The zero-order valence-electron chi connectivity index (χ0n) is 8.72. The van der Waals surface area contributed by atoms with Gasteiger partial charge in [-0.2, -0.15) is 0 Å². The van der Waals surface area contributed by atoms with Crippen molar-refractivity contribution in [2.24, 2.45) is 0 Å². The number of hydroxylamine groups is 1. The molecule has 0 bridgehead atoms. The largest absolute Gasteiger partial charge is 0.479 e. The van der Waals surface area contributed by atoms with Crippen LogP contribution in [0.2, 0.25) is 5.02 Å². The number of hydrogen-bond donors (Lipinski definition) is 2. The van der Waals surface area contributed by atoms with E-state index in [1.807, 2.05) is 5.48 Å². The molecule has 0 spiro atoms. The summed E-state index contributed by atoms with van der Waals surface area (Å²) >= 11 is 5.75. The minimum Gasteiger partial charge on any atom is -0.479 e. The van der Waals surface area contributed by atoms with E-state index in [1.165, 1.54) is 12.2 Å². The molecule has 0 heterocycles. The van der Waals surface area contributed by atoms with Crippen LogP contribution in [-0.2, 0) is 14.4 Å². The van der Waals surface area contributed by atoms with Gasteiger partial charge < -0.3 is 5.11 Å². The van der Waals surface area contributed by atoms with Gasteiger partial charge in [0.05, 0.1) is 0 Å². The SMILES string of the molecule is O=C(O)CONC(=O)C=Cc1cccc(Cl)c1. The second-order valence-corrected chi connectivity index (χ2v) is 3.47.